The number of carbonyl (C=O) groups is 1. The molecule has 34 heavy (non-hydrogen) atoms. The minimum atomic E-state index is -0.844. The largest absolute Gasteiger partial charge is 0.389 e. The van der Waals surface area contributed by atoms with Gasteiger partial charge in [-0.2, -0.15) is 0 Å². The number of benzene rings is 1. The van der Waals surface area contributed by atoms with E-state index in [0.717, 1.165) is 6.20 Å². The summed E-state index contributed by atoms with van der Waals surface area (Å²) in [5.74, 6) is -0.556. The van der Waals surface area contributed by atoms with E-state index in [4.69, 9.17) is 0 Å². The average molecular weight is 474 g/mol. The van der Waals surface area contributed by atoms with Gasteiger partial charge in [-0.25, -0.2) is 23.7 Å². The van der Waals surface area contributed by atoms with Crippen molar-refractivity contribution in [2.45, 2.75) is 45.4 Å². The maximum Gasteiger partial charge on any atom is 0.236 e. The smallest absolute Gasteiger partial charge is 0.236 e. The van der Waals surface area contributed by atoms with Crippen LogP contribution in [0.2, 0.25) is 0 Å². The van der Waals surface area contributed by atoms with Crippen LogP contribution in [0, 0.1) is 18.6 Å². The van der Waals surface area contributed by atoms with Crippen LogP contribution in [0.5, 0.6) is 0 Å². The molecule has 0 aliphatic carbocycles. The van der Waals surface area contributed by atoms with Gasteiger partial charge in [0.2, 0.25) is 11.9 Å². The summed E-state index contributed by atoms with van der Waals surface area (Å²) in [6, 6.07) is 2.52. The Labute approximate surface area is 196 Å². The minimum Gasteiger partial charge on any atom is -0.389 e. The average Bonchev–Trinajstić information content (AvgIpc) is 3.13. The number of carbonyl (C=O) groups excluding carboxylic acids is 1. The summed E-state index contributed by atoms with van der Waals surface area (Å²) in [5, 5.41) is 16.4. The van der Waals surface area contributed by atoms with Crippen molar-refractivity contribution < 1.29 is 18.7 Å². The lowest BCUT2D eigenvalue weighted by molar-refractivity contribution is -0.133. The Morgan fingerprint density at radius 2 is 2.03 bits per heavy atom. The van der Waals surface area contributed by atoms with E-state index in [1.807, 2.05) is 18.4 Å². The van der Waals surface area contributed by atoms with E-state index in [1.165, 1.54) is 6.07 Å². The van der Waals surface area contributed by atoms with Crippen LogP contribution in [-0.4, -0.2) is 74.3 Å². The molecule has 1 aliphatic heterocycles. The number of likely N-dealkylation sites (N-methyl/N-ethyl adjacent to an activating group) is 1. The summed E-state index contributed by atoms with van der Waals surface area (Å²) < 4.78 is 31.5. The lowest BCUT2D eigenvalue weighted by Gasteiger charge is -2.36. The molecule has 1 fully saturated rings. The normalized spacial score (nSPS) is 18.6. The van der Waals surface area contributed by atoms with Gasteiger partial charge in [-0.15, -0.1) is 0 Å². The van der Waals surface area contributed by atoms with Gasteiger partial charge in [0.25, 0.3) is 0 Å². The number of aliphatic hydroxyl groups excluding tert-OH is 1. The van der Waals surface area contributed by atoms with Gasteiger partial charge in [0.1, 0.15) is 17.0 Å². The topological polar surface area (TPSA) is 108 Å². The number of halogens is 2. The number of aryl methyl sites for hydroxylation is 1. The van der Waals surface area contributed by atoms with E-state index in [1.54, 1.807) is 24.9 Å². The van der Waals surface area contributed by atoms with Gasteiger partial charge in [0.05, 0.1) is 30.4 Å². The van der Waals surface area contributed by atoms with Gasteiger partial charge in [0.15, 0.2) is 11.6 Å². The number of β-amino-alcohol motifs (C(OH)–C–C–N with tert-alkyl or cyclic N) is 1. The highest BCUT2D eigenvalue weighted by Gasteiger charge is 2.30. The van der Waals surface area contributed by atoms with Crippen molar-refractivity contribution in [1.29, 1.82) is 0 Å². The summed E-state index contributed by atoms with van der Waals surface area (Å²) in [7, 11) is 1.69. The molecule has 1 amide bonds. The molecule has 2 atom stereocenters. The molecule has 3 aromatic rings. The van der Waals surface area contributed by atoms with Crippen molar-refractivity contribution in [3.05, 3.63) is 35.8 Å². The molecule has 3 N–H and O–H groups in total. The molecule has 0 bridgehead atoms. The maximum atomic E-state index is 14.9. The zero-order valence-corrected chi connectivity index (χ0v) is 19.6. The molecule has 182 valence electrons. The quantitative estimate of drug-likeness (QED) is 0.504. The number of anilines is 1. The number of nitrogens with one attached hydrogen (secondary N) is 2. The number of hydrogen-bond acceptors (Lipinski definition) is 7. The first-order chi connectivity index (χ1) is 16.2. The Morgan fingerprint density at radius 3 is 2.71 bits per heavy atom. The SMILES string of the molecule is CNCC(=O)N1CC[C@@H](Nc2ncc(F)c(-c3cc(F)c4nc(C)n(C(C)C)c4c3)n2)[C@H](O)C1. The van der Waals surface area contributed by atoms with Crippen molar-refractivity contribution in [3.8, 4) is 11.3 Å². The number of nitrogens with zero attached hydrogens (tertiary/aromatic N) is 5. The molecule has 0 unspecified atom stereocenters. The van der Waals surface area contributed by atoms with Crippen LogP contribution < -0.4 is 10.6 Å². The molecule has 1 aliphatic rings. The maximum absolute atomic E-state index is 14.9. The second-order valence-electron chi connectivity index (χ2n) is 8.82. The molecule has 9 nitrogen and oxygen atoms in total. The van der Waals surface area contributed by atoms with Crippen molar-refractivity contribution in [2.24, 2.45) is 0 Å². The molecule has 3 heterocycles. The minimum absolute atomic E-state index is 0.0412. The molecular formula is C23H29F2N7O2. The molecular weight excluding hydrogens is 444 g/mol. The summed E-state index contributed by atoms with van der Waals surface area (Å²) >= 11 is 0. The Bertz CT molecular complexity index is 1210. The number of hydrogen-bond donors (Lipinski definition) is 3. The monoisotopic (exact) mass is 473 g/mol. The van der Waals surface area contributed by atoms with E-state index in [2.05, 4.69) is 25.6 Å². The van der Waals surface area contributed by atoms with Gasteiger partial charge < -0.3 is 25.2 Å². The highest BCUT2D eigenvalue weighted by molar-refractivity contribution is 5.83. The first-order valence-electron chi connectivity index (χ1n) is 11.3. The number of imidazole rings is 1. The van der Waals surface area contributed by atoms with Crippen LogP contribution in [0.15, 0.2) is 18.3 Å². The Balaban J connectivity index is 1.60. The molecule has 1 aromatic carbocycles. The van der Waals surface area contributed by atoms with Crippen LogP contribution in [0.4, 0.5) is 14.7 Å². The van der Waals surface area contributed by atoms with Crippen molar-refractivity contribution in [3.63, 3.8) is 0 Å². The number of piperidine rings is 1. The zero-order chi connectivity index (χ0) is 24.6. The van der Waals surface area contributed by atoms with Gasteiger partial charge >= 0.3 is 0 Å². The third-order valence-electron chi connectivity index (χ3n) is 6.04. The molecule has 0 spiro atoms. The molecule has 1 saturated heterocycles. The Kier molecular flexibility index (Phi) is 6.76. The fourth-order valence-corrected chi connectivity index (χ4v) is 4.45. The number of aliphatic hydroxyl groups is 1. The second-order valence-corrected chi connectivity index (χ2v) is 8.82. The molecule has 11 heteroatoms. The van der Waals surface area contributed by atoms with E-state index in [9.17, 15) is 18.7 Å². The van der Waals surface area contributed by atoms with Crippen molar-refractivity contribution in [1.82, 2.24) is 29.7 Å². The molecule has 0 saturated carbocycles. The third kappa shape index (κ3) is 4.58. The fraction of sp³-hybridized carbons (Fsp3) is 0.478. The summed E-state index contributed by atoms with van der Waals surface area (Å²) in [6.07, 6.45) is 0.652. The Hall–Kier alpha value is -3.18. The predicted molar refractivity (Wildman–Crippen MR) is 124 cm³/mol. The predicted octanol–water partition coefficient (Wildman–Crippen LogP) is 2.25. The standard InChI is InChI=1S/C23H29F2N7O2/c1-12(2)32-13(3)28-22-15(24)7-14(8-18(22)32)21-16(25)9-27-23(30-21)29-17-5-6-31(11-19(17)33)20(34)10-26-4/h7-9,12,17,19,26,33H,5-6,10-11H2,1-4H3,(H,27,29,30)/t17-,19-/m1/s1. The van der Waals surface area contributed by atoms with Gasteiger partial charge in [-0.3, -0.25) is 4.79 Å². The second kappa shape index (κ2) is 9.59. The first-order valence-corrected chi connectivity index (χ1v) is 11.3. The van der Waals surface area contributed by atoms with Crippen LogP contribution in [0.1, 0.15) is 32.1 Å². The summed E-state index contributed by atoms with van der Waals surface area (Å²) in [4.78, 5) is 26.3. The van der Waals surface area contributed by atoms with Crippen molar-refractivity contribution >= 4 is 22.9 Å². The Morgan fingerprint density at radius 1 is 1.26 bits per heavy atom. The highest BCUT2D eigenvalue weighted by Crippen LogP contribution is 2.30. The van der Waals surface area contributed by atoms with E-state index in [-0.39, 0.29) is 47.8 Å². The number of fused-ring (bicyclic) bond motifs is 1. The van der Waals surface area contributed by atoms with E-state index in [0.29, 0.717) is 24.3 Å². The van der Waals surface area contributed by atoms with E-state index >= 15 is 0 Å². The lowest BCUT2D eigenvalue weighted by atomic mass is 10.0. The highest BCUT2D eigenvalue weighted by atomic mass is 19.1. The first kappa shape index (κ1) is 24.0. The van der Waals surface area contributed by atoms with Crippen LogP contribution in [0.25, 0.3) is 22.3 Å². The van der Waals surface area contributed by atoms with Crippen LogP contribution >= 0.6 is 0 Å². The number of aromatic nitrogens is 4. The molecule has 0 radical (unpaired) electrons. The van der Waals surface area contributed by atoms with Gasteiger partial charge in [-0.1, -0.05) is 0 Å². The number of likely N-dealkylation sites (tertiary alicyclic amines) is 1. The lowest BCUT2D eigenvalue weighted by Crippen LogP contribution is -2.53. The molecule has 4 rings (SSSR count). The number of rotatable bonds is 6. The fourth-order valence-electron chi connectivity index (χ4n) is 4.45. The summed E-state index contributed by atoms with van der Waals surface area (Å²) in [6.45, 7) is 6.57. The van der Waals surface area contributed by atoms with Crippen LogP contribution in [-0.2, 0) is 4.79 Å². The van der Waals surface area contributed by atoms with Crippen molar-refractivity contribution in [2.75, 3.05) is 32.0 Å². The zero-order valence-electron chi connectivity index (χ0n) is 19.6. The molecule has 2 aromatic heterocycles. The van der Waals surface area contributed by atoms with E-state index < -0.39 is 23.8 Å². The van der Waals surface area contributed by atoms with Gasteiger partial charge in [0, 0.05) is 24.7 Å². The van der Waals surface area contributed by atoms with Gasteiger partial charge in [-0.05, 0) is 46.4 Å². The third-order valence-corrected chi connectivity index (χ3v) is 6.04. The summed E-state index contributed by atoms with van der Waals surface area (Å²) in [5.41, 5.74) is 1.00. The van der Waals surface area contributed by atoms with Crippen LogP contribution in [0.3, 0.4) is 0 Å². The number of amides is 1.